The smallest absolute Gasteiger partial charge is 0.180 e. The van der Waals surface area contributed by atoms with Gasteiger partial charge >= 0.3 is 0 Å². The third-order valence-electron chi connectivity index (χ3n) is 3.07. The van der Waals surface area contributed by atoms with Crippen LogP contribution in [0.2, 0.25) is 0 Å². The van der Waals surface area contributed by atoms with Crippen LogP contribution in [0.5, 0.6) is 0 Å². The molecule has 0 heterocycles. The first-order valence-corrected chi connectivity index (χ1v) is 7.49. The summed E-state index contributed by atoms with van der Waals surface area (Å²) in [5.74, 6) is -0.208. The summed E-state index contributed by atoms with van der Waals surface area (Å²) in [5.41, 5.74) is 1.02. The van der Waals surface area contributed by atoms with E-state index in [2.05, 4.69) is 0 Å². The molecule has 0 aliphatic heterocycles. The average molecular weight is 256 g/mol. The normalized spacial score (nSPS) is 15.5. The van der Waals surface area contributed by atoms with Gasteiger partial charge in [-0.3, -0.25) is 0 Å². The van der Waals surface area contributed by atoms with Gasteiger partial charge in [-0.1, -0.05) is 38.0 Å². The van der Waals surface area contributed by atoms with E-state index >= 15 is 0 Å². The van der Waals surface area contributed by atoms with Crippen LogP contribution in [0.1, 0.15) is 25.8 Å². The molecule has 1 aromatic rings. The lowest BCUT2D eigenvalue weighted by atomic mass is 10.0. The van der Waals surface area contributed by atoms with Gasteiger partial charge in [0.1, 0.15) is 0 Å². The molecule has 1 aromatic carbocycles. The molecule has 2 unspecified atom stereocenters. The lowest BCUT2D eigenvalue weighted by molar-refractivity contribution is 0.135. The Hall–Kier alpha value is -0.870. The maximum Gasteiger partial charge on any atom is 0.180 e. The highest BCUT2D eigenvalue weighted by atomic mass is 32.2. The number of aliphatic hydroxyl groups is 1. The zero-order valence-corrected chi connectivity index (χ0v) is 11.4. The highest BCUT2D eigenvalue weighted by molar-refractivity contribution is 7.91. The number of benzene rings is 1. The molecule has 4 heteroatoms. The SMILES string of the molecule is CCC(C)C(O)CS(=O)(=O)c1ccc(C)cc1. The van der Waals surface area contributed by atoms with E-state index in [1.807, 2.05) is 20.8 Å². The maximum atomic E-state index is 12.0. The zero-order chi connectivity index (χ0) is 13.1. The van der Waals surface area contributed by atoms with Crippen LogP contribution in [0, 0.1) is 12.8 Å². The van der Waals surface area contributed by atoms with E-state index in [4.69, 9.17) is 0 Å². The highest BCUT2D eigenvalue weighted by Gasteiger charge is 2.22. The number of hydrogen-bond acceptors (Lipinski definition) is 3. The van der Waals surface area contributed by atoms with E-state index in [0.29, 0.717) is 0 Å². The molecule has 0 radical (unpaired) electrons. The number of aryl methyl sites for hydroxylation is 1. The van der Waals surface area contributed by atoms with Crippen molar-refractivity contribution in [3.8, 4) is 0 Å². The van der Waals surface area contributed by atoms with Gasteiger partial charge in [0, 0.05) is 0 Å². The molecule has 17 heavy (non-hydrogen) atoms. The van der Waals surface area contributed by atoms with E-state index < -0.39 is 15.9 Å². The molecule has 3 nitrogen and oxygen atoms in total. The number of hydrogen-bond donors (Lipinski definition) is 1. The van der Waals surface area contributed by atoms with Crippen LogP contribution in [-0.2, 0) is 9.84 Å². The predicted octanol–water partition coefficient (Wildman–Crippen LogP) is 2.18. The minimum atomic E-state index is -3.38. The topological polar surface area (TPSA) is 54.4 Å². The highest BCUT2D eigenvalue weighted by Crippen LogP contribution is 2.16. The maximum absolute atomic E-state index is 12.0. The van der Waals surface area contributed by atoms with E-state index in [0.717, 1.165) is 12.0 Å². The van der Waals surface area contributed by atoms with Crippen LogP contribution >= 0.6 is 0 Å². The Morgan fingerprint density at radius 3 is 2.24 bits per heavy atom. The summed E-state index contributed by atoms with van der Waals surface area (Å²) >= 11 is 0. The second-order valence-corrected chi connectivity index (χ2v) is 6.58. The van der Waals surface area contributed by atoms with Crippen LogP contribution in [0.15, 0.2) is 29.2 Å². The Morgan fingerprint density at radius 1 is 1.24 bits per heavy atom. The summed E-state index contributed by atoms with van der Waals surface area (Å²) in [6, 6.07) is 6.72. The fourth-order valence-electron chi connectivity index (χ4n) is 1.50. The van der Waals surface area contributed by atoms with Gasteiger partial charge in [0.05, 0.1) is 16.8 Å². The van der Waals surface area contributed by atoms with Crippen LogP contribution < -0.4 is 0 Å². The van der Waals surface area contributed by atoms with Gasteiger partial charge in [0.2, 0.25) is 0 Å². The van der Waals surface area contributed by atoms with Crippen molar-refractivity contribution in [3.63, 3.8) is 0 Å². The molecule has 0 amide bonds. The van der Waals surface area contributed by atoms with E-state index in [-0.39, 0.29) is 16.6 Å². The Morgan fingerprint density at radius 2 is 1.76 bits per heavy atom. The minimum Gasteiger partial charge on any atom is -0.392 e. The second kappa shape index (κ2) is 5.65. The van der Waals surface area contributed by atoms with E-state index in [1.54, 1.807) is 24.3 Å². The number of rotatable bonds is 5. The molecular formula is C13H20O3S. The Balaban J connectivity index is 2.85. The van der Waals surface area contributed by atoms with Crippen LogP contribution in [0.3, 0.4) is 0 Å². The Bertz CT molecular complexity index is 448. The van der Waals surface area contributed by atoms with Crippen molar-refractivity contribution < 1.29 is 13.5 Å². The first-order chi connectivity index (χ1) is 7.86. The monoisotopic (exact) mass is 256 g/mol. The van der Waals surface area contributed by atoms with Crippen molar-refractivity contribution in [3.05, 3.63) is 29.8 Å². The Labute approximate surface area is 103 Å². The molecule has 0 aromatic heterocycles. The molecule has 96 valence electrons. The number of aliphatic hydroxyl groups excluding tert-OH is 1. The zero-order valence-electron chi connectivity index (χ0n) is 10.6. The molecule has 0 saturated heterocycles. The van der Waals surface area contributed by atoms with Crippen LogP contribution in [0.4, 0.5) is 0 Å². The van der Waals surface area contributed by atoms with Gasteiger partial charge < -0.3 is 5.11 Å². The van der Waals surface area contributed by atoms with Gasteiger partial charge in [-0.25, -0.2) is 8.42 Å². The summed E-state index contributed by atoms with van der Waals surface area (Å²) in [4.78, 5) is 0.283. The van der Waals surface area contributed by atoms with Crippen LogP contribution in [0.25, 0.3) is 0 Å². The van der Waals surface area contributed by atoms with E-state index in [1.165, 1.54) is 0 Å². The number of sulfone groups is 1. The summed E-state index contributed by atoms with van der Waals surface area (Å²) in [6.07, 6.45) is -0.0313. The summed E-state index contributed by atoms with van der Waals surface area (Å²) < 4.78 is 24.0. The van der Waals surface area contributed by atoms with Crippen molar-refractivity contribution in [2.75, 3.05) is 5.75 Å². The molecule has 0 saturated carbocycles. The third kappa shape index (κ3) is 3.82. The van der Waals surface area contributed by atoms with Crippen molar-refractivity contribution in [2.45, 2.75) is 38.2 Å². The molecule has 1 N–H and O–H groups in total. The van der Waals surface area contributed by atoms with Crippen molar-refractivity contribution >= 4 is 9.84 Å². The molecule has 1 rings (SSSR count). The Kier molecular flexibility index (Phi) is 4.71. The molecule has 2 atom stereocenters. The molecule has 0 spiro atoms. The van der Waals surface area contributed by atoms with Gasteiger partial charge in [-0.2, -0.15) is 0 Å². The van der Waals surface area contributed by atoms with Crippen LogP contribution in [-0.4, -0.2) is 25.4 Å². The predicted molar refractivity (Wildman–Crippen MR) is 68.7 cm³/mol. The van der Waals surface area contributed by atoms with E-state index in [9.17, 15) is 13.5 Å². The third-order valence-corrected chi connectivity index (χ3v) is 4.84. The van der Waals surface area contributed by atoms with Crippen molar-refractivity contribution in [1.29, 1.82) is 0 Å². The molecule has 0 bridgehead atoms. The molecule has 0 aliphatic rings. The van der Waals surface area contributed by atoms with Gasteiger partial charge in [-0.15, -0.1) is 0 Å². The van der Waals surface area contributed by atoms with Gasteiger partial charge in [0.25, 0.3) is 0 Å². The fraction of sp³-hybridized carbons (Fsp3) is 0.538. The lowest BCUT2D eigenvalue weighted by Crippen LogP contribution is -2.27. The summed E-state index contributed by atoms with van der Waals surface area (Å²) in [5, 5.41) is 9.79. The summed E-state index contributed by atoms with van der Waals surface area (Å²) in [7, 11) is -3.38. The first-order valence-electron chi connectivity index (χ1n) is 5.84. The van der Waals surface area contributed by atoms with Crippen molar-refractivity contribution in [2.24, 2.45) is 5.92 Å². The van der Waals surface area contributed by atoms with Gasteiger partial charge in [0.15, 0.2) is 9.84 Å². The van der Waals surface area contributed by atoms with Gasteiger partial charge in [-0.05, 0) is 25.0 Å². The average Bonchev–Trinajstić information content (AvgIpc) is 2.27. The quantitative estimate of drug-likeness (QED) is 0.878. The minimum absolute atomic E-state index is 0.00442. The standard InChI is InChI=1S/C13H20O3S/c1-4-11(3)13(14)9-17(15,16)12-7-5-10(2)6-8-12/h5-8,11,13-14H,4,9H2,1-3H3. The first kappa shape index (κ1) is 14.2. The lowest BCUT2D eigenvalue weighted by Gasteiger charge is -2.17. The summed E-state index contributed by atoms with van der Waals surface area (Å²) in [6.45, 7) is 5.70. The second-order valence-electron chi connectivity index (χ2n) is 4.55. The van der Waals surface area contributed by atoms with Crippen molar-refractivity contribution in [1.82, 2.24) is 0 Å². The fourth-order valence-corrected chi connectivity index (χ4v) is 3.02. The molecule has 0 aliphatic carbocycles. The molecule has 0 fully saturated rings. The molecular weight excluding hydrogens is 236 g/mol. The largest absolute Gasteiger partial charge is 0.392 e.